The van der Waals surface area contributed by atoms with Gasteiger partial charge >= 0.3 is 0 Å². The molecule has 0 unspecified atom stereocenters. The van der Waals surface area contributed by atoms with E-state index in [0.29, 0.717) is 0 Å². The molecule has 0 amide bonds. The molecular formula is C20H16N2OS. The topological polar surface area (TPSA) is 27.1 Å². The standard InChI is InChI=1S/C20H16N2OS/c1-23-17-11-9-15(10-12-17)18-14-19(20-8-5-13-24-20)22(21-18)16-6-3-2-4-7-16/h2-14H,1H3. The van der Waals surface area contributed by atoms with Crippen molar-refractivity contribution in [1.82, 2.24) is 9.78 Å². The predicted molar refractivity (Wildman–Crippen MR) is 98.9 cm³/mol. The van der Waals surface area contributed by atoms with Gasteiger partial charge in [-0.25, -0.2) is 4.68 Å². The van der Waals surface area contributed by atoms with Crippen LogP contribution in [0.15, 0.2) is 78.2 Å². The maximum atomic E-state index is 5.24. The number of hydrogen-bond acceptors (Lipinski definition) is 3. The normalized spacial score (nSPS) is 10.7. The number of nitrogens with zero attached hydrogens (tertiary/aromatic N) is 2. The van der Waals surface area contributed by atoms with Crippen LogP contribution in [0.1, 0.15) is 0 Å². The average Bonchev–Trinajstić information content (AvgIpc) is 3.32. The first-order valence-corrected chi connectivity index (χ1v) is 8.57. The van der Waals surface area contributed by atoms with Crippen LogP contribution in [-0.2, 0) is 0 Å². The molecule has 118 valence electrons. The van der Waals surface area contributed by atoms with Crippen LogP contribution in [0.25, 0.3) is 27.5 Å². The van der Waals surface area contributed by atoms with E-state index >= 15 is 0 Å². The highest BCUT2D eigenvalue weighted by Crippen LogP contribution is 2.31. The number of aromatic nitrogens is 2. The summed E-state index contributed by atoms with van der Waals surface area (Å²) >= 11 is 1.72. The summed E-state index contributed by atoms with van der Waals surface area (Å²) in [4.78, 5) is 1.20. The van der Waals surface area contributed by atoms with E-state index in [0.717, 1.165) is 28.4 Å². The molecule has 2 heterocycles. The van der Waals surface area contributed by atoms with Crippen molar-refractivity contribution in [3.8, 4) is 33.3 Å². The molecule has 0 radical (unpaired) electrons. The van der Waals surface area contributed by atoms with Gasteiger partial charge in [0.05, 0.1) is 29.1 Å². The van der Waals surface area contributed by atoms with Crippen LogP contribution in [0.2, 0.25) is 0 Å². The summed E-state index contributed by atoms with van der Waals surface area (Å²) in [5, 5.41) is 6.93. The molecular weight excluding hydrogens is 316 g/mol. The molecule has 0 saturated carbocycles. The summed E-state index contributed by atoms with van der Waals surface area (Å²) in [6, 6.07) is 24.5. The molecule has 0 spiro atoms. The Balaban J connectivity index is 1.85. The molecule has 4 aromatic rings. The number of methoxy groups -OCH3 is 1. The van der Waals surface area contributed by atoms with Gasteiger partial charge in [0, 0.05) is 5.56 Å². The number of rotatable bonds is 4. The second kappa shape index (κ2) is 6.34. The molecule has 0 aliphatic carbocycles. The zero-order valence-electron chi connectivity index (χ0n) is 13.2. The molecule has 0 aliphatic heterocycles. The highest BCUT2D eigenvalue weighted by atomic mass is 32.1. The first-order valence-electron chi connectivity index (χ1n) is 7.69. The molecule has 0 N–H and O–H groups in total. The van der Waals surface area contributed by atoms with Gasteiger partial charge in [-0.2, -0.15) is 5.10 Å². The van der Waals surface area contributed by atoms with Crippen molar-refractivity contribution in [3.63, 3.8) is 0 Å². The van der Waals surface area contributed by atoms with Crippen LogP contribution in [-0.4, -0.2) is 16.9 Å². The van der Waals surface area contributed by atoms with Crippen molar-refractivity contribution in [2.24, 2.45) is 0 Å². The van der Waals surface area contributed by atoms with Crippen LogP contribution < -0.4 is 4.74 Å². The Bertz CT molecular complexity index is 926. The van der Waals surface area contributed by atoms with Crippen LogP contribution in [0, 0.1) is 0 Å². The van der Waals surface area contributed by atoms with Crippen molar-refractivity contribution >= 4 is 11.3 Å². The molecule has 0 atom stereocenters. The third-order valence-corrected chi connectivity index (χ3v) is 4.76. The van der Waals surface area contributed by atoms with Crippen molar-refractivity contribution in [1.29, 1.82) is 0 Å². The van der Waals surface area contributed by atoms with Gasteiger partial charge < -0.3 is 4.74 Å². The maximum Gasteiger partial charge on any atom is 0.118 e. The second-order valence-corrected chi connectivity index (χ2v) is 6.32. The van der Waals surface area contributed by atoms with Gasteiger partial charge in [0.15, 0.2) is 0 Å². The van der Waals surface area contributed by atoms with Crippen LogP contribution in [0.3, 0.4) is 0 Å². The third-order valence-electron chi connectivity index (χ3n) is 3.87. The summed E-state index contributed by atoms with van der Waals surface area (Å²) in [5.74, 6) is 0.847. The van der Waals surface area contributed by atoms with Crippen molar-refractivity contribution in [3.05, 3.63) is 78.2 Å². The van der Waals surface area contributed by atoms with Gasteiger partial charge in [0.2, 0.25) is 0 Å². The number of ether oxygens (including phenoxy) is 1. The zero-order valence-corrected chi connectivity index (χ0v) is 14.0. The number of para-hydroxylation sites is 1. The lowest BCUT2D eigenvalue weighted by Gasteiger charge is -2.05. The molecule has 24 heavy (non-hydrogen) atoms. The molecule has 4 rings (SSSR count). The van der Waals surface area contributed by atoms with E-state index in [-0.39, 0.29) is 0 Å². The summed E-state index contributed by atoms with van der Waals surface area (Å²) in [6.45, 7) is 0. The Morgan fingerprint density at radius 1 is 0.917 bits per heavy atom. The minimum absolute atomic E-state index is 0.847. The van der Waals surface area contributed by atoms with Gasteiger partial charge in [0.1, 0.15) is 5.75 Å². The lowest BCUT2D eigenvalue weighted by atomic mass is 10.1. The van der Waals surface area contributed by atoms with E-state index < -0.39 is 0 Å². The number of hydrogen-bond donors (Lipinski definition) is 0. The van der Waals surface area contributed by atoms with Gasteiger partial charge in [0.25, 0.3) is 0 Å². The first-order chi connectivity index (χ1) is 11.8. The fourth-order valence-corrected chi connectivity index (χ4v) is 3.38. The summed E-state index contributed by atoms with van der Waals surface area (Å²) in [5.41, 5.74) is 4.18. The number of thiophene rings is 1. The summed E-state index contributed by atoms with van der Waals surface area (Å²) in [7, 11) is 1.67. The SMILES string of the molecule is COc1ccc(-c2cc(-c3cccs3)n(-c3ccccc3)n2)cc1. The average molecular weight is 332 g/mol. The van der Waals surface area contributed by atoms with Crippen molar-refractivity contribution in [2.45, 2.75) is 0 Å². The molecule has 0 saturated heterocycles. The van der Waals surface area contributed by atoms with E-state index in [2.05, 4.69) is 35.7 Å². The minimum Gasteiger partial charge on any atom is -0.497 e. The van der Waals surface area contributed by atoms with Crippen molar-refractivity contribution in [2.75, 3.05) is 7.11 Å². The Kier molecular flexibility index (Phi) is 3.89. The molecule has 2 aromatic carbocycles. The smallest absolute Gasteiger partial charge is 0.118 e. The molecule has 2 aromatic heterocycles. The van der Waals surface area contributed by atoms with E-state index in [1.165, 1.54) is 4.88 Å². The summed E-state index contributed by atoms with van der Waals surface area (Å²) in [6.07, 6.45) is 0. The first kappa shape index (κ1) is 14.7. The quantitative estimate of drug-likeness (QED) is 0.508. The van der Waals surface area contributed by atoms with E-state index in [1.54, 1.807) is 18.4 Å². The highest BCUT2D eigenvalue weighted by Gasteiger charge is 2.13. The largest absolute Gasteiger partial charge is 0.497 e. The van der Waals surface area contributed by atoms with Crippen LogP contribution >= 0.6 is 11.3 Å². The molecule has 3 nitrogen and oxygen atoms in total. The van der Waals surface area contributed by atoms with Crippen molar-refractivity contribution < 1.29 is 4.74 Å². The Labute approximate surface area is 144 Å². The van der Waals surface area contributed by atoms with Crippen LogP contribution in [0.5, 0.6) is 5.75 Å². The monoisotopic (exact) mass is 332 g/mol. The van der Waals surface area contributed by atoms with Gasteiger partial charge in [-0.3, -0.25) is 0 Å². The van der Waals surface area contributed by atoms with E-state index in [1.807, 2.05) is 47.1 Å². The highest BCUT2D eigenvalue weighted by molar-refractivity contribution is 7.13. The Morgan fingerprint density at radius 2 is 1.71 bits per heavy atom. The van der Waals surface area contributed by atoms with Gasteiger partial charge in [-0.15, -0.1) is 11.3 Å². The molecule has 0 bridgehead atoms. The fraction of sp³-hybridized carbons (Fsp3) is 0.0500. The van der Waals surface area contributed by atoms with E-state index in [4.69, 9.17) is 9.84 Å². The predicted octanol–water partition coefficient (Wildman–Crippen LogP) is 5.28. The van der Waals surface area contributed by atoms with Gasteiger partial charge in [-0.1, -0.05) is 24.3 Å². The minimum atomic E-state index is 0.847. The second-order valence-electron chi connectivity index (χ2n) is 5.37. The zero-order chi connectivity index (χ0) is 16.4. The lowest BCUT2D eigenvalue weighted by Crippen LogP contribution is -1.98. The maximum absolute atomic E-state index is 5.24. The fourth-order valence-electron chi connectivity index (χ4n) is 2.65. The Hall–Kier alpha value is -2.85. The number of benzene rings is 2. The summed E-state index contributed by atoms with van der Waals surface area (Å²) < 4.78 is 7.24. The molecule has 4 heteroatoms. The molecule has 0 aliphatic rings. The van der Waals surface area contributed by atoms with Crippen LogP contribution in [0.4, 0.5) is 0 Å². The lowest BCUT2D eigenvalue weighted by molar-refractivity contribution is 0.415. The van der Waals surface area contributed by atoms with E-state index in [9.17, 15) is 0 Å². The Morgan fingerprint density at radius 3 is 2.38 bits per heavy atom. The van der Waals surface area contributed by atoms with Gasteiger partial charge in [-0.05, 0) is 53.9 Å². The molecule has 0 fully saturated rings. The third kappa shape index (κ3) is 2.72.